The molecule has 0 amide bonds. The van der Waals surface area contributed by atoms with Gasteiger partial charge in [-0.1, -0.05) is 12.1 Å². The molecule has 1 aliphatic rings. The largest absolute Gasteiger partial charge is 0.456 e. The van der Waals surface area contributed by atoms with Gasteiger partial charge in [0, 0.05) is 25.9 Å². The first-order chi connectivity index (χ1) is 11.4. The Hall–Kier alpha value is -2.91. The molecule has 1 aromatic rings. The second-order valence-corrected chi connectivity index (χ2v) is 5.91. The molecular formula is C18H21N4O2+. The van der Waals surface area contributed by atoms with E-state index < -0.39 is 5.97 Å². The SMILES string of the molecule is CN(C)c1ccc(/C(C#N)=C/C(=O)OCC[N+]2(C)C=CN=C2)cc1. The quantitative estimate of drug-likeness (QED) is 0.348. The maximum atomic E-state index is 11.9. The van der Waals surface area contributed by atoms with Crippen LogP contribution in [0.2, 0.25) is 0 Å². The van der Waals surface area contributed by atoms with Crippen LogP contribution in [0.25, 0.3) is 5.57 Å². The molecule has 0 saturated carbocycles. The summed E-state index contributed by atoms with van der Waals surface area (Å²) in [7, 11) is 5.84. The van der Waals surface area contributed by atoms with E-state index in [1.165, 1.54) is 6.08 Å². The van der Waals surface area contributed by atoms with Crippen LogP contribution in [-0.2, 0) is 9.53 Å². The third kappa shape index (κ3) is 4.54. The number of hydrogen-bond donors (Lipinski definition) is 0. The number of allylic oxidation sites excluding steroid dienone is 1. The number of ether oxygens (including phenoxy) is 1. The van der Waals surface area contributed by atoms with Crippen molar-refractivity contribution < 1.29 is 14.0 Å². The second-order valence-electron chi connectivity index (χ2n) is 5.91. The number of esters is 1. The van der Waals surface area contributed by atoms with Crippen molar-refractivity contribution in [2.24, 2.45) is 4.99 Å². The topological polar surface area (TPSA) is 65.7 Å². The monoisotopic (exact) mass is 325 g/mol. The number of benzene rings is 1. The molecule has 2 rings (SSSR count). The molecule has 0 N–H and O–H groups in total. The Morgan fingerprint density at radius 3 is 2.62 bits per heavy atom. The summed E-state index contributed by atoms with van der Waals surface area (Å²) in [5.41, 5.74) is 2.00. The van der Waals surface area contributed by atoms with Gasteiger partial charge in [0.2, 0.25) is 0 Å². The number of nitrogens with zero attached hydrogens (tertiary/aromatic N) is 4. The lowest BCUT2D eigenvalue weighted by Gasteiger charge is -2.20. The Morgan fingerprint density at radius 1 is 1.38 bits per heavy atom. The summed E-state index contributed by atoms with van der Waals surface area (Å²) < 4.78 is 5.69. The molecule has 1 aromatic carbocycles. The summed E-state index contributed by atoms with van der Waals surface area (Å²) in [5.74, 6) is -0.519. The number of rotatable bonds is 6. The average molecular weight is 325 g/mol. The minimum atomic E-state index is -0.519. The standard InChI is InChI=1S/C18H21N4O2/c1-21(2)17-6-4-15(5-7-17)16(13-19)12-18(23)24-11-10-22(3)9-8-20-14-22/h4-9,12,14H,10-11H2,1-3H3/q+1/b16-12+. The van der Waals surface area contributed by atoms with E-state index in [4.69, 9.17) is 4.74 Å². The van der Waals surface area contributed by atoms with Crippen LogP contribution < -0.4 is 4.90 Å². The molecular weight excluding hydrogens is 304 g/mol. The van der Waals surface area contributed by atoms with Gasteiger partial charge in [-0.3, -0.25) is 4.48 Å². The van der Waals surface area contributed by atoms with Gasteiger partial charge >= 0.3 is 5.97 Å². The zero-order valence-corrected chi connectivity index (χ0v) is 14.1. The zero-order valence-electron chi connectivity index (χ0n) is 14.1. The molecule has 6 heteroatoms. The minimum absolute atomic E-state index is 0.250. The lowest BCUT2D eigenvalue weighted by molar-refractivity contribution is -0.756. The molecule has 0 fully saturated rings. The van der Waals surface area contributed by atoms with Gasteiger partial charge in [-0.15, -0.1) is 0 Å². The number of anilines is 1. The molecule has 0 aliphatic carbocycles. The smallest absolute Gasteiger partial charge is 0.332 e. The number of aliphatic imine (C=N–C) groups is 1. The molecule has 0 spiro atoms. The number of carbonyl (C=O) groups is 1. The van der Waals surface area contributed by atoms with Crippen LogP contribution in [0.4, 0.5) is 5.69 Å². The van der Waals surface area contributed by atoms with Gasteiger partial charge in [-0.05, 0) is 17.7 Å². The predicted octanol–water partition coefficient (Wildman–Crippen LogP) is 2.16. The van der Waals surface area contributed by atoms with Crippen LogP contribution in [0.1, 0.15) is 5.56 Å². The number of nitriles is 1. The number of hydrogen-bond acceptors (Lipinski definition) is 5. The van der Waals surface area contributed by atoms with Gasteiger partial charge in [0.05, 0.1) is 18.8 Å². The van der Waals surface area contributed by atoms with E-state index in [2.05, 4.69) is 4.99 Å². The minimum Gasteiger partial charge on any atom is -0.456 e. The van der Waals surface area contributed by atoms with Crippen LogP contribution >= 0.6 is 0 Å². The van der Waals surface area contributed by atoms with Crippen LogP contribution in [0.5, 0.6) is 0 Å². The molecule has 124 valence electrons. The van der Waals surface area contributed by atoms with Crippen molar-refractivity contribution in [3.05, 3.63) is 48.3 Å². The highest BCUT2D eigenvalue weighted by molar-refractivity contribution is 5.95. The van der Waals surface area contributed by atoms with Crippen molar-refractivity contribution >= 4 is 23.6 Å². The first-order valence-electron chi connectivity index (χ1n) is 7.57. The fourth-order valence-electron chi connectivity index (χ4n) is 2.17. The normalized spacial score (nSPS) is 19.2. The average Bonchev–Trinajstić information content (AvgIpc) is 2.99. The van der Waals surface area contributed by atoms with Crippen molar-refractivity contribution in [1.29, 1.82) is 5.26 Å². The van der Waals surface area contributed by atoms with Crippen LogP contribution in [0, 0.1) is 11.3 Å². The molecule has 0 bridgehead atoms. The van der Waals surface area contributed by atoms with Gasteiger partial charge in [-0.25, -0.2) is 9.79 Å². The third-order valence-electron chi connectivity index (χ3n) is 3.72. The Kier molecular flexibility index (Phi) is 5.51. The molecule has 6 nitrogen and oxygen atoms in total. The van der Waals surface area contributed by atoms with Crippen LogP contribution in [-0.4, -0.2) is 51.1 Å². The molecule has 0 radical (unpaired) electrons. The van der Waals surface area contributed by atoms with Crippen molar-refractivity contribution in [3.63, 3.8) is 0 Å². The lowest BCUT2D eigenvalue weighted by atomic mass is 10.1. The zero-order chi connectivity index (χ0) is 17.6. The Morgan fingerprint density at radius 2 is 2.08 bits per heavy atom. The molecule has 1 aliphatic heterocycles. The maximum Gasteiger partial charge on any atom is 0.332 e. The van der Waals surface area contributed by atoms with E-state index in [0.717, 1.165) is 5.69 Å². The van der Waals surface area contributed by atoms with E-state index in [0.29, 0.717) is 16.6 Å². The molecule has 1 unspecified atom stereocenters. The summed E-state index contributed by atoms with van der Waals surface area (Å²) in [6, 6.07) is 9.47. The van der Waals surface area contributed by atoms with Crippen LogP contribution in [0.15, 0.2) is 47.7 Å². The first-order valence-corrected chi connectivity index (χ1v) is 7.57. The van der Waals surface area contributed by atoms with Crippen LogP contribution in [0.3, 0.4) is 0 Å². The Labute approximate surface area is 142 Å². The third-order valence-corrected chi connectivity index (χ3v) is 3.72. The van der Waals surface area contributed by atoms with Gasteiger partial charge in [0.25, 0.3) is 0 Å². The molecule has 0 saturated heterocycles. The van der Waals surface area contributed by atoms with Crippen molar-refractivity contribution in [2.75, 3.05) is 39.2 Å². The van der Waals surface area contributed by atoms with Gasteiger partial charge in [0.15, 0.2) is 6.34 Å². The van der Waals surface area contributed by atoms with E-state index in [1.807, 2.05) is 62.6 Å². The number of likely N-dealkylation sites (N-methyl/N-ethyl adjacent to an activating group) is 1. The van der Waals surface area contributed by atoms with Crippen molar-refractivity contribution in [2.45, 2.75) is 0 Å². The van der Waals surface area contributed by atoms with E-state index in [1.54, 1.807) is 12.5 Å². The van der Waals surface area contributed by atoms with E-state index in [-0.39, 0.29) is 12.2 Å². The Balaban J connectivity index is 1.96. The highest BCUT2D eigenvalue weighted by atomic mass is 16.5. The van der Waals surface area contributed by atoms with Gasteiger partial charge in [-0.2, -0.15) is 5.26 Å². The fourth-order valence-corrected chi connectivity index (χ4v) is 2.17. The lowest BCUT2D eigenvalue weighted by Crippen LogP contribution is -2.38. The highest BCUT2D eigenvalue weighted by Gasteiger charge is 2.19. The Bertz CT molecular complexity index is 712. The number of carbonyl (C=O) groups excluding carboxylic acids is 1. The van der Waals surface area contributed by atoms with Crippen molar-refractivity contribution in [3.8, 4) is 6.07 Å². The molecule has 1 heterocycles. The van der Waals surface area contributed by atoms with Crippen molar-refractivity contribution in [1.82, 2.24) is 0 Å². The molecule has 0 aromatic heterocycles. The fraction of sp³-hybridized carbons (Fsp3) is 0.278. The predicted molar refractivity (Wildman–Crippen MR) is 94.0 cm³/mol. The number of quaternary nitrogens is 1. The summed E-state index contributed by atoms with van der Waals surface area (Å²) in [6.07, 6.45) is 6.64. The first kappa shape index (κ1) is 17.4. The summed E-state index contributed by atoms with van der Waals surface area (Å²) >= 11 is 0. The highest BCUT2D eigenvalue weighted by Crippen LogP contribution is 2.18. The summed E-state index contributed by atoms with van der Waals surface area (Å²) in [4.78, 5) is 17.9. The van der Waals surface area contributed by atoms with E-state index in [9.17, 15) is 10.1 Å². The van der Waals surface area contributed by atoms with Gasteiger partial charge in [0.1, 0.15) is 25.4 Å². The molecule has 24 heavy (non-hydrogen) atoms. The maximum absolute atomic E-state index is 11.9. The molecule has 1 atom stereocenters. The summed E-state index contributed by atoms with van der Waals surface area (Å²) in [5, 5.41) is 9.28. The van der Waals surface area contributed by atoms with Gasteiger partial charge < -0.3 is 9.64 Å². The summed E-state index contributed by atoms with van der Waals surface area (Å²) in [6.45, 7) is 0.847. The second kappa shape index (κ2) is 7.57. The van der Waals surface area contributed by atoms with E-state index >= 15 is 0 Å².